The molecule has 0 atom stereocenters. The third-order valence-electron chi connectivity index (χ3n) is 5.90. The molecule has 2 rings (SSSR count). The first-order chi connectivity index (χ1) is 14.0. The molecule has 0 saturated carbocycles. The second-order valence-electron chi connectivity index (χ2n) is 9.19. The Morgan fingerprint density at radius 2 is 1.83 bits per heavy atom. The molecule has 0 unspecified atom stereocenters. The second kappa shape index (κ2) is 10.1. The van der Waals surface area contributed by atoms with Gasteiger partial charge < -0.3 is 13.7 Å². The fourth-order valence-corrected chi connectivity index (χ4v) is 4.01. The van der Waals surface area contributed by atoms with Crippen molar-refractivity contribution in [2.75, 3.05) is 7.11 Å². The van der Waals surface area contributed by atoms with Gasteiger partial charge in [-0.05, 0) is 42.2 Å². The van der Waals surface area contributed by atoms with Gasteiger partial charge in [-0.3, -0.25) is 0 Å². The van der Waals surface area contributed by atoms with Gasteiger partial charge in [0.15, 0.2) is 8.32 Å². The van der Waals surface area contributed by atoms with Crippen LogP contribution in [0, 0.1) is 0 Å². The van der Waals surface area contributed by atoms with Crippen molar-refractivity contribution in [2.45, 2.75) is 78.2 Å². The van der Waals surface area contributed by atoms with Crippen LogP contribution in [0.2, 0.25) is 23.3 Å². The number of hydrogen-bond donors (Lipinski definition) is 0. The highest BCUT2D eigenvalue weighted by Crippen LogP contribution is 2.37. The van der Waals surface area contributed by atoms with Gasteiger partial charge in [-0.15, -0.1) is 0 Å². The zero-order valence-electron chi connectivity index (χ0n) is 19.3. The fraction of sp³-hybridized carbons (Fsp3) is 0.565. The minimum absolute atomic E-state index is 0.133. The number of imidazole rings is 1. The zero-order chi connectivity index (χ0) is 22.5. The molecule has 0 aliphatic heterocycles. The van der Waals surface area contributed by atoms with Crippen molar-refractivity contribution in [1.82, 2.24) is 9.55 Å². The average Bonchev–Trinajstić information content (AvgIpc) is 2.99. The summed E-state index contributed by atoms with van der Waals surface area (Å²) in [6, 6.07) is 7.41. The van der Waals surface area contributed by atoms with Crippen LogP contribution in [0.4, 0.5) is 0 Å². The maximum absolute atomic E-state index is 11.7. The Labute approximate surface area is 186 Å². The van der Waals surface area contributed by atoms with Gasteiger partial charge in [-0.2, -0.15) is 0 Å². The number of methoxy groups -OCH3 is 1. The standard InChI is InChI=1S/C23H35ClN2O3Si/c1-8-9-10-20-25-19(16-29-30(6,7)23(2,3)4)21(24)26(20)15-17-11-13-18(14-12-17)22(27)28-5/h11-14H,8-10,15-16H2,1-7H3. The Morgan fingerprint density at radius 1 is 1.20 bits per heavy atom. The lowest BCUT2D eigenvalue weighted by Crippen LogP contribution is -2.40. The maximum Gasteiger partial charge on any atom is 0.337 e. The van der Waals surface area contributed by atoms with Crippen molar-refractivity contribution in [2.24, 2.45) is 0 Å². The number of aryl methyl sites for hydroxylation is 1. The van der Waals surface area contributed by atoms with Crippen molar-refractivity contribution in [3.05, 3.63) is 52.1 Å². The summed E-state index contributed by atoms with van der Waals surface area (Å²) in [5.41, 5.74) is 2.39. The van der Waals surface area contributed by atoms with Crippen LogP contribution >= 0.6 is 11.6 Å². The van der Waals surface area contributed by atoms with Gasteiger partial charge in [0.25, 0.3) is 0 Å². The Balaban J connectivity index is 2.26. The van der Waals surface area contributed by atoms with E-state index < -0.39 is 8.32 Å². The van der Waals surface area contributed by atoms with Gasteiger partial charge in [0.1, 0.15) is 16.7 Å². The molecule has 0 spiro atoms. The Morgan fingerprint density at radius 3 is 2.37 bits per heavy atom. The van der Waals surface area contributed by atoms with Crippen LogP contribution in [-0.2, 0) is 28.7 Å². The van der Waals surface area contributed by atoms with Crippen LogP contribution in [0.5, 0.6) is 0 Å². The van der Waals surface area contributed by atoms with Gasteiger partial charge in [0.2, 0.25) is 0 Å². The maximum atomic E-state index is 11.7. The van der Waals surface area contributed by atoms with Crippen LogP contribution in [-0.4, -0.2) is 30.9 Å². The van der Waals surface area contributed by atoms with Gasteiger partial charge in [-0.25, -0.2) is 9.78 Å². The SMILES string of the molecule is CCCCc1nc(CO[Si](C)(C)C(C)(C)C)c(Cl)n1Cc1ccc(C(=O)OC)cc1. The predicted molar refractivity (Wildman–Crippen MR) is 125 cm³/mol. The van der Waals surface area contributed by atoms with Crippen LogP contribution in [0.3, 0.4) is 0 Å². The molecule has 0 radical (unpaired) electrons. The van der Waals surface area contributed by atoms with E-state index in [0.29, 0.717) is 23.9 Å². The Hall–Kier alpha value is -1.63. The monoisotopic (exact) mass is 450 g/mol. The van der Waals surface area contributed by atoms with E-state index in [9.17, 15) is 4.79 Å². The molecular formula is C23H35ClN2O3Si. The highest BCUT2D eigenvalue weighted by atomic mass is 35.5. The van der Waals surface area contributed by atoms with E-state index in [2.05, 4.69) is 45.4 Å². The number of nitrogens with zero attached hydrogens (tertiary/aromatic N) is 2. The number of unbranched alkanes of at least 4 members (excludes halogenated alkanes) is 1. The van der Waals surface area contributed by atoms with Gasteiger partial charge in [0.05, 0.1) is 25.8 Å². The minimum Gasteiger partial charge on any atom is -0.465 e. The van der Waals surface area contributed by atoms with Crippen molar-refractivity contribution >= 4 is 25.9 Å². The summed E-state index contributed by atoms with van der Waals surface area (Å²) >= 11 is 6.77. The lowest BCUT2D eigenvalue weighted by atomic mass is 10.1. The van der Waals surface area contributed by atoms with Crippen LogP contribution in [0.15, 0.2) is 24.3 Å². The zero-order valence-corrected chi connectivity index (χ0v) is 21.1. The number of carbonyl (C=O) groups excluding carboxylic acids is 1. The van der Waals surface area contributed by atoms with E-state index in [4.69, 9.17) is 25.7 Å². The number of benzene rings is 1. The number of rotatable bonds is 9. The molecule has 0 amide bonds. The van der Waals surface area contributed by atoms with Crippen LogP contribution in [0.25, 0.3) is 0 Å². The number of esters is 1. The molecule has 166 valence electrons. The highest BCUT2D eigenvalue weighted by Gasteiger charge is 2.37. The van der Waals surface area contributed by atoms with Crippen molar-refractivity contribution in [1.29, 1.82) is 0 Å². The van der Waals surface area contributed by atoms with Crippen molar-refractivity contribution < 1.29 is 14.0 Å². The van der Waals surface area contributed by atoms with E-state index in [-0.39, 0.29) is 11.0 Å². The molecule has 0 bridgehead atoms. The van der Waals surface area contributed by atoms with E-state index >= 15 is 0 Å². The number of ether oxygens (including phenoxy) is 1. The third kappa shape index (κ3) is 5.96. The molecule has 5 nitrogen and oxygen atoms in total. The van der Waals surface area contributed by atoms with E-state index in [1.54, 1.807) is 12.1 Å². The predicted octanol–water partition coefficient (Wildman–Crippen LogP) is 6.24. The molecule has 0 saturated heterocycles. The van der Waals surface area contributed by atoms with Crippen LogP contribution in [0.1, 0.15) is 68.0 Å². The third-order valence-corrected chi connectivity index (χ3v) is 10.8. The topological polar surface area (TPSA) is 53.4 Å². The summed E-state index contributed by atoms with van der Waals surface area (Å²) in [7, 11) is -0.507. The second-order valence-corrected chi connectivity index (χ2v) is 14.4. The number of carbonyl (C=O) groups is 1. The fourth-order valence-electron chi connectivity index (χ4n) is 2.82. The number of aromatic nitrogens is 2. The highest BCUT2D eigenvalue weighted by molar-refractivity contribution is 6.74. The summed E-state index contributed by atoms with van der Waals surface area (Å²) in [4.78, 5) is 16.5. The lowest BCUT2D eigenvalue weighted by molar-refractivity contribution is 0.0600. The van der Waals surface area contributed by atoms with Crippen molar-refractivity contribution in [3.63, 3.8) is 0 Å². The summed E-state index contributed by atoms with van der Waals surface area (Å²) in [6.45, 7) is 14.4. The molecule has 1 aromatic carbocycles. The normalized spacial score (nSPS) is 12.3. The van der Waals surface area contributed by atoms with Crippen LogP contribution < -0.4 is 0 Å². The molecular weight excluding hydrogens is 416 g/mol. The first-order valence-corrected chi connectivity index (χ1v) is 13.8. The van der Waals surface area contributed by atoms with Crippen molar-refractivity contribution in [3.8, 4) is 0 Å². The summed E-state index contributed by atoms with van der Waals surface area (Å²) in [5, 5.41) is 0.769. The molecule has 0 fully saturated rings. The first kappa shape index (κ1) is 24.6. The lowest BCUT2D eigenvalue weighted by Gasteiger charge is -2.35. The van der Waals surface area contributed by atoms with E-state index in [0.717, 1.165) is 36.3 Å². The molecule has 7 heteroatoms. The molecule has 0 N–H and O–H groups in total. The summed E-state index contributed by atoms with van der Waals surface area (Å²) in [5.74, 6) is 0.642. The van der Waals surface area contributed by atoms with Gasteiger partial charge in [0, 0.05) is 6.42 Å². The average molecular weight is 451 g/mol. The molecule has 30 heavy (non-hydrogen) atoms. The smallest absolute Gasteiger partial charge is 0.337 e. The first-order valence-electron chi connectivity index (χ1n) is 10.5. The van der Waals surface area contributed by atoms with E-state index in [1.807, 2.05) is 12.1 Å². The minimum atomic E-state index is -1.89. The Kier molecular flexibility index (Phi) is 8.31. The molecule has 0 aliphatic carbocycles. The molecule has 0 aliphatic rings. The van der Waals surface area contributed by atoms with Gasteiger partial charge >= 0.3 is 5.97 Å². The van der Waals surface area contributed by atoms with E-state index in [1.165, 1.54) is 7.11 Å². The molecule has 2 aromatic rings. The summed E-state index contributed by atoms with van der Waals surface area (Å²) in [6.07, 6.45) is 3.02. The molecule has 1 aromatic heterocycles. The molecule has 1 heterocycles. The quantitative estimate of drug-likeness (QED) is 0.335. The van der Waals surface area contributed by atoms with Gasteiger partial charge in [-0.1, -0.05) is 57.8 Å². The number of halogens is 1. The largest absolute Gasteiger partial charge is 0.465 e. The Bertz CT molecular complexity index is 855. The number of hydrogen-bond acceptors (Lipinski definition) is 4. The summed E-state index contributed by atoms with van der Waals surface area (Å²) < 4.78 is 13.2.